The molecule has 1 saturated heterocycles. The molecule has 0 radical (unpaired) electrons. The predicted octanol–water partition coefficient (Wildman–Crippen LogP) is 5.89. The quantitative estimate of drug-likeness (QED) is 0.606. The molecule has 0 aromatic heterocycles. The maximum Gasteiger partial charge on any atom is 0.0631 e. The number of benzene rings is 2. The van der Waals surface area contributed by atoms with E-state index in [9.17, 15) is 0 Å². The van der Waals surface area contributed by atoms with E-state index in [-0.39, 0.29) is 6.04 Å². The molecule has 2 aromatic rings. The summed E-state index contributed by atoms with van der Waals surface area (Å²) in [6.45, 7) is 7.83. The van der Waals surface area contributed by atoms with Crippen LogP contribution < -0.4 is 0 Å². The zero-order chi connectivity index (χ0) is 18.4. The molecule has 2 aromatic carbocycles. The van der Waals surface area contributed by atoms with Crippen LogP contribution in [0.5, 0.6) is 0 Å². The zero-order valence-corrected chi connectivity index (χ0v) is 17.0. The molecule has 26 heavy (non-hydrogen) atoms. The van der Waals surface area contributed by atoms with Crippen LogP contribution in [0.25, 0.3) is 0 Å². The smallest absolute Gasteiger partial charge is 0.0631 e. The fraction of sp³-hybridized carbons (Fsp3) is 0.455. The second-order valence-corrected chi connectivity index (χ2v) is 7.84. The van der Waals surface area contributed by atoms with Gasteiger partial charge in [0.1, 0.15) is 0 Å². The summed E-state index contributed by atoms with van der Waals surface area (Å²) >= 11 is 13.2. The summed E-state index contributed by atoms with van der Waals surface area (Å²) < 4.78 is 0. The van der Waals surface area contributed by atoms with Gasteiger partial charge >= 0.3 is 0 Å². The van der Waals surface area contributed by atoms with Crippen LogP contribution in [0.15, 0.2) is 48.5 Å². The molecule has 3 rings (SSSR count). The van der Waals surface area contributed by atoms with Crippen molar-refractivity contribution in [3.05, 3.63) is 69.7 Å². The Hall–Kier alpha value is -1.06. The minimum absolute atomic E-state index is 0.100. The highest BCUT2D eigenvalue weighted by Crippen LogP contribution is 2.37. The van der Waals surface area contributed by atoms with Gasteiger partial charge < -0.3 is 4.90 Å². The highest BCUT2D eigenvalue weighted by molar-refractivity contribution is 6.32. The van der Waals surface area contributed by atoms with Crippen LogP contribution in [0.1, 0.15) is 43.4 Å². The summed E-state index contributed by atoms with van der Waals surface area (Å²) in [4.78, 5) is 5.15. The first-order valence-corrected chi connectivity index (χ1v) is 10.4. The minimum Gasteiger partial charge on any atom is -0.302 e. The standard InChI is InChI=1S/C22H28Cl2N2/c1-2-3-13-25-14-8-15-26(17-16-25)22(18-9-4-6-11-20(18)23)19-10-5-7-12-21(19)24/h4-7,9-12,22H,2-3,8,13-17H2,1H3. The maximum atomic E-state index is 6.60. The van der Waals surface area contributed by atoms with Gasteiger partial charge in [-0.05, 0) is 49.2 Å². The Balaban J connectivity index is 1.89. The van der Waals surface area contributed by atoms with Crippen molar-refractivity contribution in [1.29, 1.82) is 0 Å². The highest BCUT2D eigenvalue weighted by Gasteiger charge is 2.27. The molecule has 0 amide bonds. The Kier molecular flexibility index (Phi) is 7.39. The third-order valence-corrected chi connectivity index (χ3v) is 5.90. The van der Waals surface area contributed by atoms with Crippen molar-refractivity contribution >= 4 is 23.2 Å². The number of nitrogens with zero attached hydrogens (tertiary/aromatic N) is 2. The molecular formula is C22H28Cl2N2. The Labute approximate surface area is 167 Å². The van der Waals surface area contributed by atoms with Crippen LogP contribution in [0.2, 0.25) is 10.0 Å². The van der Waals surface area contributed by atoms with E-state index < -0.39 is 0 Å². The van der Waals surface area contributed by atoms with Gasteiger partial charge in [-0.3, -0.25) is 4.90 Å². The first-order chi connectivity index (χ1) is 12.7. The average Bonchev–Trinajstić information content (AvgIpc) is 2.89. The van der Waals surface area contributed by atoms with Gasteiger partial charge in [-0.15, -0.1) is 0 Å². The molecule has 0 spiro atoms. The maximum absolute atomic E-state index is 6.60. The van der Waals surface area contributed by atoms with Gasteiger partial charge in [0.05, 0.1) is 6.04 Å². The SMILES string of the molecule is CCCCN1CCCN(C(c2ccccc2Cl)c2ccccc2Cl)CC1. The third-order valence-electron chi connectivity index (χ3n) is 5.22. The Morgan fingerprint density at radius 1 is 0.846 bits per heavy atom. The molecule has 0 atom stereocenters. The molecule has 4 heteroatoms. The summed E-state index contributed by atoms with van der Waals surface area (Å²) in [5.41, 5.74) is 2.29. The van der Waals surface area contributed by atoms with E-state index in [1.54, 1.807) is 0 Å². The normalized spacial score (nSPS) is 16.8. The fourth-order valence-electron chi connectivity index (χ4n) is 3.81. The molecule has 1 aliphatic heterocycles. The van der Waals surface area contributed by atoms with E-state index in [4.69, 9.17) is 23.2 Å². The molecule has 0 aliphatic carbocycles. The first kappa shape index (κ1) is 19.7. The lowest BCUT2D eigenvalue weighted by Gasteiger charge is -2.32. The molecule has 1 aliphatic rings. The van der Waals surface area contributed by atoms with Gasteiger partial charge in [0, 0.05) is 29.7 Å². The second-order valence-electron chi connectivity index (χ2n) is 7.03. The van der Waals surface area contributed by atoms with Crippen molar-refractivity contribution in [2.75, 3.05) is 32.7 Å². The van der Waals surface area contributed by atoms with Crippen molar-refractivity contribution in [3.8, 4) is 0 Å². The largest absolute Gasteiger partial charge is 0.302 e. The predicted molar refractivity (Wildman–Crippen MR) is 112 cm³/mol. The van der Waals surface area contributed by atoms with E-state index in [0.717, 1.165) is 40.8 Å². The van der Waals surface area contributed by atoms with E-state index in [2.05, 4.69) is 41.0 Å². The Morgan fingerprint density at radius 3 is 2.04 bits per heavy atom. The van der Waals surface area contributed by atoms with Crippen molar-refractivity contribution in [2.24, 2.45) is 0 Å². The average molecular weight is 391 g/mol. The molecule has 2 nitrogen and oxygen atoms in total. The van der Waals surface area contributed by atoms with Crippen molar-refractivity contribution in [2.45, 2.75) is 32.2 Å². The number of halogens is 2. The molecular weight excluding hydrogens is 363 g/mol. The van der Waals surface area contributed by atoms with Crippen molar-refractivity contribution < 1.29 is 0 Å². The fourth-order valence-corrected chi connectivity index (χ4v) is 4.29. The number of hydrogen-bond acceptors (Lipinski definition) is 2. The van der Waals surface area contributed by atoms with Gasteiger partial charge in [0.2, 0.25) is 0 Å². The Bertz CT molecular complexity index is 659. The van der Waals surface area contributed by atoms with E-state index in [1.165, 1.54) is 32.4 Å². The van der Waals surface area contributed by atoms with Crippen LogP contribution >= 0.6 is 23.2 Å². The van der Waals surface area contributed by atoms with Crippen LogP contribution in [-0.2, 0) is 0 Å². The van der Waals surface area contributed by atoms with Gasteiger partial charge in [0.15, 0.2) is 0 Å². The van der Waals surface area contributed by atoms with Crippen LogP contribution in [0.3, 0.4) is 0 Å². The molecule has 1 heterocycles. The van der Waals surface area contributed by atoms with E-state index >= 15 is 0 Å². The van der Waals surface area contributed by atoms with Gasteiger partial charge in [-0.25, -0.2) is 0 Å². The van der Waals surface area contributed by atoms with E-state index in [1.807, 2.05) is 24.3 Å². The molecule has 1 fully saturated rings. The van der Waals surface area contributed by atoms with Crippen molar-refractivity contribution in [3.63, 3.8) is 0 Å². The van der Waals surface area contributed by atoms with Gasteiger partial charge in [-0.1, -0.05) is 72.9 Å². The lowest BCUT2D eigenvalue weighted by atomic mass is 9.96. The second kappa shape index (κ2) is 9.75. The lowest BCUT2D eigenvalue weighted by Crippen LogP contribution is -2.34. The summed E-state index contributed by atoms with van der Waals surface area (Å²) in [7, 11) is 0. The molecule has 0 saturated carbocycles. The topological polar surface area (TPSA) is 6.48 Å². The Morgan fingerprint density at radius 2 is 1.46 bits per heavy atom. The first-order valence-electron chi connectivity index (χ1n) is 9.66. The highest BCUT2D eigenvalue weighted by atomic mass is 35.5. The third kappa shape index (κ3) is 4.80. The number of unbranched alkanes of at least 4 members (excludes halogenated alkanes) is 1. The molecule has 0 unspecified atom stereocenters. The number of rotatable bonds is 6. The summed E-state index contributed by atoms with van der Waals surface area (Å²) in [6.07, 6.45) is 3.70. The summed E-state index contributed by atoms with van der Waals surface area (Å²) in [5, 5.41) is 1.62. The molecule has 0 N–H and O–H groups in total. The van der Waals surface area contributed by atoms with Crippen LogP contribution in [0, 0.1) is 0 Å². The van der Waals surface area contributed by atoms with Gasteiger partial charge in [0.25, 0.3) is 0 Å². The van der Waals surface area contributed by atoms with Crippen LogP contribution in [0.4, 0.5) is 0 Å². The van der Waals surface area contributed by atoms with E-state index in [0.29, 0.717) is 0 Å². The summed E-state index contributed by atoms with van der Waals surface area (Å²) in [5.74, 6) is 0. The van der Waals surface area contributed by atoms with Crippen molar-refractivity contribution in [1.82, 2.24) is 9.80 Å². The zero-order valence-electron chi connectivity index (χ0n) is 15.5. The van der Waals surface area contributed by atoms with Gasteiger partial charge in [-0.2, -0.15) is 0 Å². The monoisotopic (exact) mass is 390 g/mol. The number of hydrogen-bond donors (Lipinski definition) is 0. The molecule has 140 valence electrons. The minimum atomic E-state index is 0.100. The van der Waals surface area contributed by atoms with Crippen LogP contribution in [-0.4, -0.2) is 42.5 Å². The lowest BCUT2D eigenvalue weighted by molar-refractivity contribution is 0.222. The summed E-state index contributed by atoms with van der Waals surface area (Å²) in [6, 6.07) is 16.4. The molecule has 0 bridgehead atoms.